The molecule has 0 bridgehead atoms. The lowest BCUT2D eigenvalue weighted by molar-refractivity contribution is -0.124. The van der Waals surface area contributed by atoms with Gasteiger partial charge in [-0.1, -0.05) is 22.9 Å². The highest BCUT2D eigenvalue weighted by atomic mass is 32.2. The predicted octanol–water partition coefficient (Wildman–Crippen LogP) is 2.36. The van der Waals surface area contributed by atoms with Crippen molar-refractivity contribution in [3.63, 3.8) is 0 Å². The number of aromatic nitrogens is 1. The molecule has 23 heavy (non-hydrogen) atoms. The van der Waals surface area contributed by atoms with E-state index in [9.17, 15) is 9.59 Å². The van der Waals surface area contributed by atoms with Crippen LogP contribution in [0.1, 0.15) is 21.8 Å². The minimum Gasteiger partial charge on any atom is -0.450 e. The molecule has 1 N–H and O–H groups in total. The second-order valence-corrected chi connectivity index (χ2v) is 6.09. The van der Waals surface area contributed by atoms with E-state index in [1.165, 1.54) is 11.6 Å². The summed E-state index contributed by atoms with van der Waals surface area (Å²) in [5, 5.41) is 6.27. The summed E-state index contributed by atoms with van der Waals surface area (Å²) in [6.45, 7) is 3.89. The quantitative estimate of drug-likeness (QED) is 0.475. The van der Waals surface area contributed by atoms with Crippen LogP contribution in [0.5, 0.6) is 0 Å². The standard InChI is InChI=1S/C16H18N2O4S/c1-11-3-5-13(6-4-11)23-8-7-17-15(19)10-21-16(20)14-9-12(2)18-22-14/h3-6,9H,7-8,10H2,1-2H3,(H,17,19). The Bertz CT molecular complexity index is 667. The van der Waals surface area contributed by atoms with Crippen LogP contribution in [-0.2, 0) is 9.53 Å². The third-order valence-electron chi connectivity index (χ3n) is 2.88. The van der Waals surface area contributed by atoms with Crippen LogP contribution in [0.25, 0.3) is 0 Å². The van der Waals surface area contributed by atoms with Gasteiger partial charge in [-0.25, -0.2) is 4.79 Å². The maximum atomic E-state index is 11.6. The van der Waals surface area contributed by atoms with E-state index >= 15 is 0 Å². The number of benzene rings is 1. The fourth-order valence-corrected chi connectivity index (χ4v) is 2.48. The molecule has 0 spiro atoms. The normalized spacial score (nSPS) is 10.3. The average Bonchev–Trinajstić information content (AvgIpc) is 2.97. The minimum absolute atomic E-state index is 0.00905. The molecule has 1 aromatic carbocycles. The average molecular weight is 334 g/mol. The maximum absolute atomic E-state index is 11.6. The number of esters is 1. The van der Waals surface area contributed by atoms with Crippen LogP contribution in [0.15, 0.2) is 39.8 Å². The number of thioether (sulfide) groups is 1. The van der Waals surface area contributed by atoms with Gasteiger partial charge < -0.3 is 14.6 Å². The van der Waals surface area contributed by atoms with Crippen LogP contribution in [-0.4, -0.2) is 35.9 Å². The first-order chi connectivity index (χ1) is 11.0. The van der Waals surface area contributed by atoms with Gasteiger partial charge in [-0.3, -0.25) is 4.79 Å². The number of nitrogens with zero attached hydrogens (tertiary/aromatic N) is 1. The number of aryl methyl sites for hydroxylation is 2. The number of amides is 1. The fraction of sp³-hybridized carbons (Fsp3) is 0.312. The number of nitrogens with one attached hydrogen (secondary N) is 1. The monoisotopic (exact) mass is 334 g/mol. The van der Waals surface area contributed by atoms with Gasteiger partial charge in [0, 0.05) is 23.3 Å². The predicted molar refractivity (Wildman–Crippen MR) is 86.4 cm³/mol. The van der Waals surface area contributed by atoms with E-state index in [0.29, 0.717) is 12.2 Å². The summed E-state index contributed by atoms with van der Waals surface area (Å²) in [4.78, 5) is 24.3. The van der Waals surface area contributed by atoms with E-state index < -0.39 is 5.97 Å². The van der Waals surface area contributed by atoms with Crippen molar-refractivity contribution in [1.29, 1.82) is 0 Å². The topological polar surface area (TPSA) is 81.4 Å². The van der Waals surface area contributed by atoms with E-state index in [-0.39, 0.29) is 18.3 Å². The summed E-state index contributed by atoms with van der Waals surface area (Å²) in [6.07, 6.45) is 0. The summed E-state index contributed by atoms with van der Waals surface area (Å²) < 4.78 is 9.59. The van der Waals surface area contributed by atoms with Crippen LogP contribution in [0.3, 0.4) is 0 Å². The summed E-state index contributed by atoms with van der Waals surface area (Å²) in [6, 6.07) is 9.64. The third-order valence-corrected chi connectivity index (χ3v) is 3.89. The molecular weight excluding hydrogens is 316 g/mol. The lowest BCUT2D eigenvalue weighted by atomic mass is 10.2. The molecule has 0 saturated carbocycles. The molecule has 0 atom stereocenters. The number of ether oxygens (including phenoxy) is 1. The van der Waals surface area contributed by atoms with Crippen LogP contribution >= 0.6 is 11.8 Å². The van der Waals surface area contributed by atoms with E-state index in [4.69, 9.17) is 9.26 Å². The van der Waals surface area contributed by atoms with Crippen LogP contribution in [0.4, 0.5) is 0 Å². The minimum atomic E-state index is -0.699. The van der Waals surface area contributed by atoms with Gasteiger partial charge in [0.05, 0.1) is 5.69 Å². The second kappa shape index (κ2) is 8.38. The summed E-state index contributed by atoms with van der Waals surface area (Å²) in [7, 11) is 0. The molecule has 0 aliphatic rings. The zero-order chi connectivity index (χ0) is 16.7. The van der Waals surface area contributed by atoms with Gasteiger partial charge in [-0.15, -0.1) is 11.8 Å². The maximum Gasteiger partial charge on any atom is 0.377 e. The Morgan fingerprint density at radius 3 is 2.65 bits per heavy atom. The molecule has 0 unspecified atom stereocenters. The Labute approximate surface area is 138 Å². The van der Waals surface area contributed by atoms with Gasteiger partial charge in [0.15, 0.2) is 6.61 Å². The highest BCUT2D eigenvalue weighted by Crippen LogP contribution is 2.17. The molecule has 1 aromatic heterocycles. The zero-order valence-corrected chi connectivity index (χ0v) is 13.8. The largest absolute Gasteiger partial charge is 0.450 e. The van der Waals surface area contributed by atoms with Crippen molar-refractivity contribution in [3.05, 3.63) is 47.3 Å². The molecule has 0 radical (unpaired) electrons. The molecule has 0 saturated heterocycles. The van der Waals surface area contributed by atoms with Gasteiger partial charge in [-0.05, 0) is 26.0 Å². The van der Waals surface area contributed by atoms with Crippen molar-refractivity contribution >= 4 is 23.6 Å². The van der Waals surface area contributed by atoms with Crippen molar-refractivity contribution in [3.8, 4) is 0 Å². The van der Waals surface area contributed by atoms with Crippen LogP contribution < -0.4 is 5.32 Å². The molecule has 0 aliphatic carbocycles. The van der Waals surface area contributed by atoms with E-state index in [2.05, 4.69) is 10.5 Å². The van der Waals surface area contributed by atoms with Gasteiger partial charge in [0.2, 0.25) is 5.76 Å². The Balaban J connectivity index is 1.61. The number of carbonyl (C=O) groups excluding carboxylic acids is 2. The third kappa shape index (κ3) is 5.78. The molecule has 1 heterocycles. The van der Waals surface area contributed by atoms with Crippen molar-refractivity contribution < 1.29 is 18.8 Å². The number of rotatable bonds is 7. The SMILES string of the molecule is Cc1ccc(SCCNC(=O)COC(=O)c2cc(C)no2)cc1. The Kier molecular flexibility index (Phi) is 6.22. The molecule has 122 valence electrons. The molecule has 2 rings (SSSR count). The highest BCUT2D eigenvalue weighted by Gasteiger charge is 2.14. The molecule has 0 fully saturated rings. The van der Waals surface area contributed by atoms with Gasteiger partial charge >= 0.3 is 5.97 Å². The number of hydrogen-bond acceptors (Lipinski definition) is 6. The van der Waals surface area contributed by atoms with Gasteiger partial charge in [-0.2, -0.15) is 0 Å². The fourth-order valence-electron chi connectivity index (χ4n) is 1.71. The second-order valence-electron chi connectivity index (χ2n) is 4.92. The first-order valence-electron chi connectivity index (χ1n) is 7.11. The molecule has 7 heteroatoms. The Hall–Kier alpha value is -2.28. The van der Waals surface area contributed by atoms with E-state index in [0.717, 1.165) is 10.6 Å². The first kappa shape index (κ1) is 17.1. The van der Waals surface area contributed by atoms with Crippen molar-refractivity contribution in [1.82, 2.24) is 10.5 Å². The van der Waals surface area contributed by atoms with Crippen molar-refractivity contribution in [2.75, 3.05) is 18.9 Å². The Morgan fingerprint density at radius 1 is 1.26 bits per heavy atom. The zero-order valence-electron chi connectivity index (χ0n) is 13.0. The van der Waals surface area contributed by atoms with Crippen LogP contribution in [0.2, 0.25) is 0 Å². The lowest BCUT2D eigenvalue weighted by Crippen LogP contribution is -2.30. The molecule has 2 aromatic rings. The van der Waals surface area contributed by atoms with E-state index in [1.807, 2.05) is 31.2 Å². The smallest absolute Gasteiger partial charge is 0.377 e. The summed E-state index contributed by atoms with van der Waals surface area (Å²) in [5.41, 5.74) is 1.79. The van der Waals surface area contributed by atoms with Crippen molar-refractivity contribution in [2.45, 2.75) is 18.7 Å². The summed E-state index contributed by atoms with van der Waals surface area (Å²) in [5.74, 6) is -0.316. The Morgan fingerprint density at radius 2 is 2.00 bits per heavy atom. The first-order valence-corrected chi connectivity index (χ1v) is 8.10. The van der Waals surface area contributed by atoms with Crippen LogP contribution in [0, 0.1) is 13.8 Å². The van der Waals surface area contributed by atoms with Gasteiger partial charge in [0.25, 0.3) is 5.91 Å². The van der Waals surface area contributed by atoms with E-state index in [1.54, 1.807) is 18.7 Å². The van der Waals surface area contributed by atoms with Crippen molar-refractivity contribution in [2.24, 2.45) is 0 Å². The summed E-state index contributed by atoms with van der Waals surface area (Å²) >= 11 is 1.65. The molecule has 6 nitrogen and oxygen atoms in total. The highest BCUT2D eigenvalue weighted by molar-refractivity contribution is 7.99. The molecule has 1 amide bonds. The molecule has 0 aliphatic heterocycles. The number of hydrogen-bond donors (Lipinski definition) is 1. The lowest BCUT2D eigenvalue weighted by Gasteiger charge is -2.06. The number of carbonyl (C=O) groups is 2. The van der Waals surface area contributed by atoms with Gasteiger partial charge in [0.1, 0.15) is 0 Å². The molecular formula is C16H18N2O4S.